The van der Waals surface area contributed by atoms with Crippen LogP contribution in [0.1, 0.15) is 23.6 Å². The van der Waals surface area contributed by atoms with E-state index in [1.165, 1.54) is 11.1 Å². The molecule has 0 fully saturated rings. The van der Waals surface area contributed by atoms with E-state index in [9.17, 15) is 0 Å². The number of nitrogens with one attached hydrogen (secondary N) is 2. The highest BCUT2D eigenvalue weighted by molar-refractivity contribution is 5.79. The highest BCUT2D eigenvalue weighted by Gasteiger charge is 2.07. The van der Waals surface area contributed by atoms with Crippen molar-refractivity contribution in [3.05, 3.63) is 53.1 Å². The van der Waals surface area contributed by atoms with Gasteiger partial charge in [-0.05, 0) is 49.6 Å². The van der Waals surface area contributed by atoms with Gasteiger partial charge in [-0.2, -0.15) is 0 Å². The molecule has 0 radical (unpaired) electrons. The number of ether oxygens (including phenoxy) is 3. The fourth-order valence-electron chi connectivity index (χ4n) is 2.92. The fourth-order valence-corrected chi connectivity index (χ4v) is 2.92. The van der Waals surface area contributed by atoms with Crippen molar-refractivity contribution in [1.29, 1.82) is 0 Å². The Bertz CT molecular complexity index is 791. The normalized spacial score (nSPS) is 11.1. The van der Waals surface area contributed by atoms with Gasteiger partial charge < -0.3 is 24.8 Å². The standard InChI is InChI=1S/C22H31N3O3/c1-6-28-20-10-8-17(14-21(20)27-5)15-25-22(23-3)24-12-11-18-13-16(2)7-9-19(18)26-4/h7-10,13-14H,6,11-12,15H2,1-5H3,(H2,23,24,25). The first-order valence-corrected chi connectivity index (χ1v) is 9.49. The fraction of sp³-hybridized carbons (Fsp3) is 0.409. The van der Waals surface area contributed by atoms with Crippen molar-refractivity contribution >= 4 is 5.96 Å². The van der Waals surface area contributed by atoms with Crippen molar-refractivity contribution in [2.75, 3.05) is 34.4 Å². The van der Waals surface area contributed by atoms with Gasteiger partial charge in [0.2, 0.25) is 0 Å². The molecule has 2 aromatic rings. The summed E-state index contributed by atoms with van der Waals surface area (Å²) in [6.07, 6.45) is 0.850. The molecule has 0 atom stereocenters. The summed E-state index contributed by atoms with van der Waals surface area (Å²) < 4.78 is 16.4. The van der Waals surface area contributed by atoms with E-state index in [1.807, 2.05) is 31.2 Å². The predicted octanol–water partition coefficient (Wildman–Crippen LogP) is 3.32. The first kappa shape index (κ1) is 21.4. The van der Waals surface area contributed by atoms with E-state index in [0.29, 0.717) is 13.2 Å². The molecule has 2 aromatic carbocycles. The molecule has 0 aromatic heterocycles. The van der Waals surface area contributed by atoms with Gasteiger partial charge in [0.25, 0.3) is 0 Å². The smallest absolute Gasteiger partial charge is 0.191 e. The van der Waals surface area contributed by atoms with Gasteiger partial charge in [-0.15, -0.1) is 0 Å². The van der Waals surface area contributed by atoms with Crippen LogP contribution in [0.3, 0.4) is 0 Å². The number of methoxy groups -OCH3 is 2. The Morgan fingerprint density at radius 3 is 2.39 bits per heavy atom. The second kappa shape index (κ2) is 11.1. The number of aryl methyl sites for hydroxylation is 1. The van der Waals surface area contributed by atoms with Crippen LogP contribution in [-0.2, 0) is 13.0 Å². The van der Waals surface area contributed by atoms with Crippen molar-refractivity contribution in [2.45, 2.75) is 26.8 Å². The summed E-state index contributed by atoms with van der Waals surface area (Å²) in [5.74, 6) is 3.15. The first-order chi connectivity index (χ1) is 13.6. The third kappa shape index (κ3) is 6.08. The second-order valence-corrected chi connectivity index (χ2v) is 6.34. The summed E-state index contributed by atoms with van der Waals surface area (Å²) in [7, 11) is 5.11. The summed E-state index contributed by atoms with van der Waals surface area (Å²) in [5.41, 5.74) is 3.49. The number of hydrogen-bond acceptors (Lipinski definition) is 4. The molecule has 0 aliphatic heterocycles. The maximum absolute atomic E-state index is 5.56. The highest BCUT2D eigenvalue weighted by atomic mass is 16.5. The zero-order valence-electron chi connectivity index (χ0n) is 17.5. The number of hydrogen-bond donors (Lipinski definition) is 2. The minimum atomic E-state index is 0.607. The lowest BCUT2D eigenvalue weighted by atomic mass is 10.1. The average molecular weight is 386 g/mol. The third-order valence-corrected chi connectivity index (χ3v) is 4.33. The number of rotatable bonds is 9. The van der Waals surface area contributed by atoms with E-state index in [-0.39, 0.29) is 0 Å². The lowest BCUT2D eigenvalue weighted by Gasteiger charge is -2.15. The van der Waals surface area contributed by atoms with Gasteiger partial charge in [0.15, 0.2) is 17.5 Å². The summed E-state index contributed by atoms with van der Waals surface area (Å²) in [6, 6.07) is 12.1. The molecule has 0 saturated carbocycles. The Labute approximate surface area is 167 Å². The maximum atomic E-state index is 5.56. The van der Waals surface area contributed by atoms with Crippen LogP contribution in [0.5, 0.6) is 17.2 Å². The van der Waals surface area contributed by atoms with Gasteiger partial charge in [0.05, 0.1) is 20.8 Å². The molecule has 6 heteroatoms. The van der Waals surface area contributed by atoms with Gasteiger partial charge in [-0.3, -0.25) is 4.99 Å². The van der Waals surface area contributed by atoms with Crippen molar-refractivity contribution in [3.8, 4) is 17.2 Å². The minimum Gasteiger partial charge on any atom is -0.496 e. The average Bonchev–Trinajstić information content (AvgIpc) is 2.71. The Morgan fingerprint density at radius 1 is 0.964 bits per heavy atom. The molecule has 0 unspecified atom stereocenters. The van der Waals surface area contributed by atoms with Crippen molar-refractivity contribution in [2.24, 2.45) is 4.99 Å². The van der Waals surface area contributed by atoms with Crippen molar-refractivity contribution in [1.82, 2.24) is 10.6 Å². The van der Waals surface area contributed by atoms with Crippen LogP contribution >= 0.6 is 0 Å². The van der Waals surface area contributed by atoms with Crippen molar-refractivity contribution < 1.29 is 14.2 Å². The summed E-state index contributed by atoms with van der Waals surface area (Å²) in [4.78, 5) is 4.29. The molecule has 0 aliphatic carbocycles. The molecule has 0 spiro atoms. The monoisotopic (exact) mass is 385 g/mol. The van der Waals surface area contributed by atoms with Crippen LogP contribution in [0.25, 0.3) is 0 Å². The number of nitrogens with zero attached hydrogens (tertiary/aromatic N) is 1. The van der Waals surface area contributed by atoms with E-state index in [0.717, 1.165) is 41.7 Å². The topological polar surface area (TPSA) is 64.1 Å². The molecule has 28 heavy (non-hydrogen) atoms. The van der Waals surface area contributed by atoms with Gasteiger partial charge in [0.1, 0.15) is 5.75 Å². The summed E-state index contributed by atoms with van der Waals surface area (Å²) in [5, 5.41) is 6.67. The van der Waals surface area contributed by atoms with Crippen LogP contribution in [0.4, 0.5) is 0 Å². The van der Waals surface area contributed by atoms with E-state index in [1.54, 1.807) is 21.3 Å². The molecule has 0 bridgehead atoms. The van der Waals surface area contributed by atoms with Crippen LogP contribution in [-0.4, -0.2) is 40.4 Å². The molecule has 152 valence electrons. The van der Waals surface area contributed by atoms with Gasteiger partial charge in [-0.1, -0.05) is 23.8 Å². The number of guanidine groups is 1. The molecular weight excluding hydrogens is 354 g/mol. The molecule has 0 amide bonds. The van der Waals surface area contributed by atoms with Crippen molar-refractivity contribution in [3.63, 3.8) is 0 Å². The number of aliphatic imine (C=N–C) groups is 1. The Morgan fingerprint density at radius 2 is 1.71 bits per heavy atom. The van der Waals surface area contributed by atoms with Gasteiger partial charge in [-0.25, -0.2) is 0 Å². The summed E-state index contributed by atoms with van der Waals surface area (Å²) >= 11 is 0. The minimum absolute atomic E-state index is 0.607. The first-order valence-electron chi connectivity index (χ1n) is 9.49. The highest BCUT2D eigenvalue weighted by Crippen LogP contribution is 2.28. The molecule has 2 N–H and O–H groups in total. The maximum Gasteiger partial charge on any atom is 0.191 e. The third-order valence-electron chi connectivity index (χ3n) is 4.33. The molecular formula is C22H31N3O3. The molecule has 2 rings (SSSR count). The zero-order chi connectivity index (χ0) is 20.4. The molecule has 0 saturated heterocycles. The quantitative estimate of drug-likeness (QED) is 0.512. The zero-order valence-corrected chi connectivity index (χ0v) is 17.5. The van der Waals surface area contributed by atoms with Crippen LogP contribution < -0.4 is 24.8 Å². The second-order valence-electron chi connectivity index (χ2n) is 6.34. The van der Waals surface area contributed by atoms with E-state index < -0.39 is 0 Å². The van der Waals surface area contributed by atoms with E-state index in [2.05, 4.69) is 34.7 Å². The van der Waals surface area contributed by atoms with Crippen LogP contribution in [0.2, 0.25) is 0 Å². The Balaban J connectivity index is 1.89. The lowest BCUT2D eigenvalue weighted by molar-refractivity contribution is 0.310. The largest absolute Gasteiger partial charge is 0.496 e. The van der Waals surface area contributed by atoms with Crippen LogP contribution in [0, 0.1) is 6.92 Å². The predicted molar refractivity (Wildman–Crippen MR) is 114 cm³/mol. The lowest BCUT2D eigenvalue weighted by Crippen LogP contribution is -2.37. The van der Waals surface area contributed by atoms with Gasteiger partial charge in [0, 0.05) is 20.1 Å². The van der Waals surface area contributed by atoms with Gasteiger partial charge >= 0.3 is 0 Å². The molecule has 0 aliphatic rings. The van der Waals surface area contributed by atoms with E-state index >= 15 is 0 Å². The Kier molecular flexibility index (Phi) is 8.46. The Hall–Kier alpha value is -2.89. The molecule has 6 nitrogen and oxygen atoms in total. The molecule has 0 heterocycles. The number of benzene rings is 2. The summed E-state index contributed by atoms with van der Waals surface area (Å²) in [6.45, 7) is 6.04. The van der Waals surface area contributed by atoms with Crippen LogP contribution in [0.15, 0.2) is 41.4 Å². The SMILES string of the molecule is CCOc1ccc(CNC(=NC)NCCc2cc(C)ccc2OC)cc1OC. The van der Waals surface area contributed by atoms with E-state index in [4.69, 9.17) is 14.2 Å².